The van der Waals surface area contributed by atoms with Gasteiger partial charge in [-0.2, -0.15) is 0 Å². The Balaban J connectivity index is 1.34. The zero-order valence-corrected chi connectivity index (χ0v) is 18.1. The molecule has 160 valence electrons. The molecule has 3 aromatic heterocycles. The van der Waals surface area contributed by atoms with Gasteiger partial charge in [-0.05, 0) is 42.0 Å². The quantitative estimate of drug-likeness (QED) is 0.406. The standard InChI is InChI=1S/C24H21ClN6O/c25-18-9-7-17(8-10-18)16-29-11-13-30(14-12-29)24-26-20-5-2-1-4-19(20)22-27-28-23(31(22)24)21-6-3-15-32-21/h1-10,15H,11-14,16H2. The summed E-state index contributed by atoms with van der Waals surface area (Å²) in [6, 6.07) is 19.9. The van der Waals surface area contributed by atoms with Crippen molar-refractivity contribution >= 4 is 34.1 Å². The third-order valence-electron chi connectivity index (χ3n) is 5.94. The zero-order valence-electron chi connectivity index (χ0n) is 17.4. The van der Waals surface area contributed by atoms with Gasteiger partial charge in [0.05, 0.1) is 11.8 Å². The van der Waals surface area contributed by atoms with E-state index in [0.717, 1.165) is 60.2 Å². The molecule has 0 unspecified atom stereocenters. The highest BCUT2D eigenvalue weighted by molar-refractivity contribution is 6.30. The third-order valence-corrected chi connectivity index (χ3v) is 6.20. The van der Waals surface area contributed by atoms with Crippen LogP contribution in [0.5, 0.6) is 0 Å². The van der Waals surface area contributed by atoms with Gasteiger partial charge < -0.3 is 9.32 Å². The molecular formula is C24H21ClN6O. The number of anilines is 1. The molecule has 5 aromatic rings. The molecule has 1 fully saturated rings. The zero-order chi connectivity index (χ0) is 21.5. The van der Waals surface area contributed by atoms with Crippen molar-refractivity contribution in [1.29, 1.82) is 0 Å². The summed E-state index contributed by atoms with van der Waals surface area (Å²) in [5.74, 6) is 2.19. The van der Waals surface area contributed by atoms with Crippen molar-refractivity contribution in [1.82, 2.24) is 24.5 Å². The summed E-state index contributed by atoms with van der Waals surface area (Å²) >= 11 is 6.02. The fourth-order valence-corrected chi connectivity index (χ4v) is 4.42. The molecular weight excluding hydrogens is 424 g/mol. The minimum absolute atomic E-state index is 0.668. The molecule has 0 saturated carbocycles. The minimum Gasteiger partial charge on any atom is -0.461 e. The average molecular weight is 445 g/mol. The van der Waals surface area contributed by atoms with Gasteiger partial charge in [0.25, 0.3) is 0 Å². The van der Waals surface area contributed by atoms with E-state index in [1.807, 2.05) is 52.9 Å². The van der Waals surface area contributed by atoms with Gasteiger partial charge in [0.1, 0.15) is 0 Å². The van der Waals surface area contributed by atoms with Crippen LogP contribution in [0.15, 0.2) is 71.3 Å². The molecule has 1 saturated heterocycles. The van der Waals surface area contributed by atoms with Gasteiger partial charge in [0.15, 0.2) is 11.4 Å². The number of piperazine rings is 1. The van der Waals surface area contributed by atoms with Gasteiger partial charge in [0.2, 0.25) is 11.8 Å². The van der Waals surface area contributed by atoms with Crippen molar-refractivity contribution in [2.75, 3.05) is 31.1 Å². The lowest BCUT2D eigenvalue weighted by Gasteiger charge is -2.35. The number of hydrogen-bond acceptors (Lipinski definition) is 6. The smallest absolute Gasteiger partial charge is 0.213 e. The van der Waals surface area contributed by atoms with E-state index in [1.54, 1.807) is 6.26 Å². The molecule has 32 heavy (non-hydrogen) atoms. The summed E-state index contributed by atoms with van der Waals surface area (Å²) in [5, 5.41) is 10.7. The van der Waals surface area contributed by atoms with E-state index in [0.29, 0.717) is 11.6 Å². The summed E-state index contributed by atoms with van der Waals surface area (Å²) in [6.45, 7) is 4.52. The second-order valence-electron chi connectivity index (χ2n) is 7.98. The topological polar surface area (TPSA) is 62.7 Å². The minimum atomic E-state index is 0.668. The monoisotopic (exact) mass is 444 g/mol. The van der Waals surface area contributed by atoms with E-state index in [9.17, 15) is 0 Å². The van der Waals surface area contributed by atoms with Crippen LogP contribution in [0.1, 0.15) is 5.56 Å². The Morgan fingerprint density at radius 2 is 1.69 bits per heavy atom. The number of rotatable bonds is 4. The third kappa shape index (κ3) is 3.39. The largest absolute Gasteiger partial charge is 0.461 e. The molecule has 0 atom stereocenters. The number of fused-ring (bicyclic) bond motifs is 3. The number of nitrogens with zero attached hydrogens (tertiary/aromatic N) is 6. The number of furan rings is 1. The van der Waals surface area contributed by atoms with E-state index in [4.69, 9.17) is 21.0 Å². The maximum Gasteiger partial charge on any atom is 0.213 e. The first-order valence-corrected chi connectivity index (χ1v) is 11.0. The molecule has 7 nitrogen and oxygen atoms in total. The molecule has 0 amide bonds. The Hall–Kier alpha value is -3.42. The fraction of sp³-hybridized carbons (Fsp3) is 0.208. The van der Waals surface area contributed by atoms with E-state index >= 15 is 0 Å². The molecule has 0 spiro atoms. The maximum absolute atomic E-state index is 6.02. The van der Waals surface area contributed by atoms with E-state index in [2.05, 4.69) is 32.1 Å². The van der Waals surface area contributed by atoms with Gasteiger partial charge in [-0.15, -0.1) is 10.2 Å². The van der Waals surface area contributed by atoms with Crippen LogP contribution in [-0.2, 0) is 6.54 Å². The van der Waals surface area contributed by atoms with Gasteiger partial charge >= 0.3 is 0 Å². The predicted octanol–water partition coefficient (Wildman–Crippen LogP) is 4.51. The SMILES string of the molecule is Clc1ccc(CN2CCN(c3nc4ccccc4c4nnc(-c5ccco5)n34)CC2)cc1. The van der Waals surface area contributed by atoms with Crippen LogP contribution in [0.4, 0.5) is 5.95 Å². The molecule has 0 bridgehead atoms. The van der Waals surface area contributed by atoms with Crippen molar-refractivity contribution in [2.24, 2.45) is 0 Å². The number of benzene rings is 2. The molecule has 0 radical (unpaired) electrons. The Morgan fingerprint density at radius 3 is 2.47 bits per heavy atom. The highest BCUT2D eigenvalue weighted by atomic mass is 35.5. The molecule has 1 aliphatic heterocycles. The first kappa shape index (κ1) is 19.3. The van der Waals surface area contributed by atoms with E-state index < -0.39 is 0 Å². The fourth-order valence-electron chi connectivity index (χ4n) is 4.30. The highest BCUT2D eigenvalue weighted by Gasteiger charge is 2.24. The van der Waals surface area contributed by atoms with Crippen LogP contribution >= 0.6 is 11.6 Å². The van der Waals surface area contributed by atoms with Crippen LogP contribution in [-0.4, -0.2) is 50.7 Å². The van der Waals surface area contributed by atoms with Crippen molar-refractivity contribution in [3.8, 4) is 11.6 Å². The molecule has 1 aliphatic rings. The van der Waals surface area contributed by atoms with Crippen molar-refractivity contribution in [3.05, 3.63) is 77.5 Å². The Bertz CT molecular complexity index is 1370. The molecule has 2 aromatic carbocycles. The van der Waals surface area contributed by atoms with Gasteiger partial charge in [-0.3, -0.25) is 4.90 Å². The lowest BCUT2D eigenvalue weighted by Crippen LogP contribution is -2.46. The highest BCUT2D eigenvalue weighted by Crippen LogP contribution is 2.29. The van der Waals surface area contributed by atoms with Gasteiger partial charge in [-0.1, -0.05) is 35.9 Å². The van der Waals surface area contributed by atoms with Crippen molar-refractivity contribution < 1.29 is 4.42 Å². The normalized spacial score (nSPS) is 15.1. The van der Waals surface area contributed by atoms with Crippen molar-refractivity contribution in [3.63, 3.8) is 0 Å². The summed E-state index contributed by atoms with van der Waals surface area (Å²) in [7, 11) is 0. The van der Waals surface area contributed by atoms with Crippen LogP contribution < -0.4 is 4.90 Å². The van der Waals surface area contributed by atoms with E-state index in [1.165, 1.54) is 5.56 Å². The first-order valence-electron chi connectivity index (χ1n) is 10.7. The average Bonchev–Trinajstić information content (AvgIpc) is 3.51. The lowest BCUT2D eigenvalue weighted by atomic mass is 10.2. The Labute approximate surface area is 189 Å². The molecule has 0 aliphatic carbocycles. The predicted molar refractivity (Wildman–Crippen MR) is 125 cm³/mol. The summed E-state index contributed by atoms with van der Waals surface area (Å²) < 4.78 is 7.67. The molecule has 6 rings (SSSR count). The second-order valence-corrected chi connectivity index (χ2v) is 8.41. The van der Waals surface area contributed by atoms with Crippen LogP contribution in [0, 0.1) is 0 Å². The van der Waals surface area contributed by atoms with Gasteiger partial charge in [-0.25, -0.2) is 9.38 Å². The molecule has 0 N–H and O–H groups in total. The summed E-state index contributed by atoms with van der Waals surface area (Å²) in [5.41, 5.74) is 2.98. The van der Waals surface area contributed by atoms with Crippen LogP contribution in [0.25, 0.3) is 28.1 Å². The lowest BCUT2D eigenvalue weighted by molar-refractivity contribution is 0.248. The second kappa shape index (κ2) is 7.93. The summed E-state index contributed by atoms with van der Waals surface area (Å²) in [4.78, 5) is 9.79. The van der Waals surface area contributed by atoms with Crippen LogP contribution in [0.2, 0.25) is 5.02 Å². The molecule has 4 heterocycles. The summed E-state index contributed by atoms with van der Waals surface area (Å²) in [6.07, 6.45) is 1.65. The Kier molecular flexibility index (Phi) is 4.78. The van der Waals surface area contributed by atoms with E-state index in [-0.39, 0.29) is 0 Å². The van der Waals surface area contributed by atoms with Gasteiger partial charge in [0, 0.05) is 43.1 Å². The molecule has 8 heteroatoms. The first-order chi connectivity index (χ1) is 15.8. The maximum atomic E-state index is 6.02. The number of aromatic nitrogens is 4. The number of halogens is 1. The van der Waals surface area contributed by atoms with Crippen LogP contribution in [0.3, 0.4) is 0 Å². The number of hydrogen-bond donors (Lipinski definition) is 0. The van der Waals surface area contributed by atoms with Crippen molar-refractivity contribution in [2.45, 2.75) is 6.54 Å². The number of para-hydroxylation sites is 1. The Morgan fingerprint density at radius 1 is 0.875 bits per heavy atom.